The topological polar surface area (TPSA) is 71.5 Å². The van der Waals surface area contributed by atoms with Gasteiger partial charge in [-0.3, -0.25) is 14.5 Å². The minimum absolute atomic E-state index is 0.253. The molecule has 0 N–H and O–H groups in total. The molecule has 2 aliphatic rings. The molecule has 1 saturated carbocycles. The second-order valence-corrected chi connectivity index (χ2v) is 10.6. The number of carbonyl (C=O) groups is 2. The average molecular weight is 523 g/mol. The summed E-state index contributed by atoms with van der Waals surface area (Å²) in [6.07, 6.45) is -11.7. The lowest BCUT2D eigenvalue weighted by Crippen LogP contribution is -2.47. The number of carbonyl (C=O) groups excluding carboxylic acids is 2. The van der Waals surface area contributed by atoms with Gasteiger partial charge in [-0.25, -0.2) is 12.8 Å². The number of rotatable bonds is 3. The summed E-state index contributed by atoms with van der Waals surface area (Å²) in [5.74, 6) is -1.89. The highest BCUT2D eigenvalue weighted by Gasteiger charge is 2.51. The van der Waals surface area contributed by atoms with Crippen LogP contribution >= 0.6 is 0 Å². The minimum Gasteiger partial charge on any atom is -0.271 e. The van der Waals surface area contributed by atoms with E-state index in [1.165, 1.54) is 0 Å². The first-order valence-corrected chi connectivity index (χ1v) is 11.7. The van der Waals surface area contributed by atoms with E-state index in [-0.39, 0.29) is 18.4 Å². The lowest BCUT2D eigenvalue weighted by molar-refractivity contribution is -0.138. The fourth-order valence-electron chi connectivity index (χ4n) is 4.38. The molecular weight excluding hydrogens is 507 g/mol. The fourth-order valence-corrected chi connectivity index (χ4v) is 6.11. The first kappa shape index (κ1) is 25.1. The Morgan fingerprint density at radius 2 is 1.34 bits per heavy atom. The van der Waals surface area contributed by atoms with Gasteiger partial charge in [0.25, 0.3) is 11.8 Å². The summed E-state index contributed by atoms with van der Waals surface area (Å²) in [5.41, 5.74) is -3.10. The summed E-state index contributed by atoms with van der Waals surface area (Å²) < 4.78 is 119. The Morgan fingerprint density at radius 1 is 0.800 bits per heavy atom. The smallest absolute Gasteiger partial charge is 0.271 e. The van der Waals surface area contributed by atoms with Gasteiger partial charge >= 0.3 is 12.4 Å². The van der Waals surface area contributed by atoms with Crippen LogP contribution in [0.3, 0.4) is 0 Å². The summed E-state index contributed by atoms with van der Waals surface area (Å²) in [6.45, 7) is 0. The molecule has 0 bridgehead atoms. The number of hydrogen-bond donors (Lipinski definition) is 0. The van der Waals surface area contributed by atoms with E-state index >= 15 is 4.39 Å². The highest BCUT2D eigenvalue weighted by Crippen LogP contribution is 2.44. The van der Waals surface area contributed by atoms with Crippen molar-refractivity contribution in [3.05, 3.63) is 64.7 Å². The van der Waals surface area contributed by atoms with Crippen LogP contribution in [-0.4, -0.2) is 36.2 Å². The third-order valence-corrected chi connectivity index (χ3v) is 8.51. The third-order valence-electron chi connectivity index (χ3n) is 6.27. The van der Waals surface area contributed by atoms with E-state index in [4.69, 9.17) is 0 Å². The number of hydrogen-bond acceptors (Lipinski definition) is 4. The maximum Gasteiger partial charge on any atom is 0.416 e. The Morgan fingerprint density at radius 3 is 1.91 bits per heavy atom. The van der Waals surface area contributed by atoms with Crippen molar-refractivity contribution in [1.82, 2.24) is 4.90 Å². The normalized spacial score (nSPS) is 23.5. The molecule has 1 heterocycles. The largest absolute Gasteiger partial charge is 0.416 e. The molecule has 2 amide bonds. The second kappa shape index (κ2) is 8.04. The molecule has 0 unspecified atom stereocenters. The van der Waals surface area contributed by atoms with Crippen LogP contribution in [-0.2, 0) is 22.2 Å². The summed E-state index contributed by atoms with van der Waals surface area (Å²) in [7, 11) is -4.87. The van der Waals surface area contributed by atoms with Gasteiger partial charge in [0.2, 0.25) is 14.8 Å². The molecule has 2 aromatic rings. The molecule has 35 heavy (non-hydrogen) atoms. The third kappa shape index (κ3) is 4.19. The first-order chi connectivity index (χ1) is 16.1. The van der Waals surface area contributed by atoms with Crippen LogP contribution in [0.1, 0.15) is 57.5 Å². The van der Waals surface area contributed by atoms with Crippen LogP contribution in [0.4, 0.5) is 30.7 Å². The van der Waals surface area contributed by atoms with Crippen LogP contribution in [0.2, 0.25) is 0 Å². The van der Waals surface area contributed by atoms with Gasteiger partial charge < -0.3 is 0 Å². The van der Waals surface area contributed by atoms with Gasteiger partial charge in [0.15, 0.2) is 0 Å². The number of sulfone groups is 1. The summed E-state index contributed by atoms with van der Waals surface area (Å²) >= 11 is 0. The van der Waals surface area contributed by atoms with Crippen molar-refractivity contribution in [1.29, 1.82) is 0 Å². The van der Waals surface area contributed by atoms with Gasteiger partial charge in [0, 0.05) is 6.04 Å². The molecule has 0 spiro atoms. The first-order valence-electron chi connectivity index (χ1n) is 10.3. The van der Waals surface area contributed by atoms with E-state index in [0.29, 0.717) is 29.2 Å². The monoisotopic (exact) mass is 523 g/mol. The molecule has 1 fully saturated rings. The quantitative estimate of drug-likeness (QED) is 0.399. The standard InChI is InChI=1S/C22H16F7NO4S/c23-20(35(33,34)15-3-1-2-12(10-15)21(24,25)26)8-6-14(7-9-20)30-18(31)16-5-4-13(22(27,28)29)11-17(16)19(30)32/h1-5,10-11,14H,6-9H2/t14-,20-. The van der Waals surface area contributed by atoms with Crippen molar-refractivity contribution >= 4 is 21.7 Å². The number of fused-ring (bicyclic) bond motifs is 1. The molecule has 0 radical (unpaired) electrons. The molecule has 0 saturated heterocycles. The Hall–Kier alpha value is -2.96. The van der Waals surface area contributed by atoms with Gasteiger partial charge in [-0.1, -0.05) is 6.07 Å². The maximum atomic E-state index is 15.6. The lowest BCUT2D eigenvalue weighted by atomic mass is 9.92. The molecule has 188 valence electrons. The molecule has 1 aliphatic heterocycles. The van der Waals surface area contributed by atoms with E-state index in [2.05, 4.69) is 0 Å². The fraction of sp³-hybridized carbons (Fsp3) is 0.364. The molecular formula is C22H16F7NO4S. The minimum atomic E-state index is -4.87. The number of alkyl halides is 7. The molecule has 4 rings (SSSR count). The lowest BCUT2D eigenvalue weighted by Gasteiger charge is -2.36. The van der Waals surface area contributed by atoms with Crippen molar-refractivity contribution in [3.8, 4) is 0 Å². The van der Waals surface area contributed by atoms with Gasteiger partial charge in [-0.15, -0.1) is 0 Å². The highest BCUT2D eigenvalue weighted by atomic mass is 32.2. The molecule has 2 aromatic carbocycles. The van der Waals surface area contributed by atoms with Gasteiger partial charge in [-0.05, 0) is 62.1 Å². The number of halogens is 7. The molecule has 0 atom stereocenters. The number of imide groups is 1. The average Bonchev–Trinajstić information content (AvgIpc) is 3.03. The van der Waals surface area contributed by atoms with E-state index in [9.17, 15) is 44.3 Å². The summed E-state index contributed by atoms with van der Waals surface area (Å²) in [6, 6.07) is 3.77. The van der Waals surface area contributed by atoms with Gasteiger partial charge in [0.05, 0.1) is 27.1 Å². The Balaban J connectivity index is 1.55. The van der Waals surface area contributed by atoms with E-state index in [1.807, 2.05) is 0 Å². The van der Waals surface area contributed by atoms with E-state index in [1.54, 1.807) is 0 Å². The van der Waals surface area contributed by atoms with E-state index < -0.39 is 79.5 Å². The Labute approximate surface area is 194 Å². The van der Waals surface area contributed by atoms with Crippen LogP contribution in [0, 0.1) is 0 Å². The molecule has 5 nitrogen and oxygen atoms in total. The van der Waals surface area contributed by atoms with Crippen LogP contribution < -0.4 is 0 Å². The van der Waals surface area contributed by atoms with Crippen LogP contribution in [0.25, 0.3) is 0 Å². The zero-order valence-electron chi connectivity index (χ0n) is 17.6. The number of nitrogens with zero attached hydrogens (tertiary/aromatic N) is 1. The highest BCUT2D eigenvalue weighted by molar-refractivity contribution is 7.92. The number of benzene rings is 2. The zero-order valence-corrected chi connectivity index (χ0v) is 18.4. The predicted molar refractivity (Wildman–Crippen MR) is 107 cm³/mol. The summed E-state index contributed by atoms with van der Waals surface area (Å²) in [5, 5.41) is -2.95. The van der Waals surface area contributed by atoms with Crippen LogP contribution in [0.5, 0.6) is 0 Å². The Kier molecular flexibility index (Phi) is 5.77. The van der Waals surface area contributed by atoms with Crippen molar-refractivity contribution in [3.63, 3.8) is 0 Å². The zero-order chi connectivity index (χ0) is 26.0. The second-order valence-electron chi connectivity index (χ2n) is 8.38. The number of amides is 2. The van der Waals surface area contributed by atoms with Crippen molar-refractivity contribution in [2.24, 2.45) is 0 Å². The SMILES string of the molecule is O=C1c2ccc(C(F)(F)F)cc2C(=O)N1[C@H]1CC[C@](F)(S(=O)(=O)c2cccc(C(F)(F)F)c2)CC1. The van der Waals surface area contributed by atoms with Crippen molar-refractivity contribution < 1.29 is 48.7 Å². The van der Waals surface area contributed by atoms with Crippen LogP contribution in [0.15, 0.2) is 47.4 Å². The molecule has 0 aromatic heterocycles. The van der Waals surface area contributed by atoms with Gasteiger partial charge in [0.1, 0.15) is 0 Å². The van der Waals surface area contributed by atoms with Gasteiger partial charge in [-0.2, -0.15) is 26.3 Å². The predicted octanol–water partition coefficient (Wildman–Crippen LogP) is 5.40. The maximum absolute atomic E-state index is 15.6. The molecule has 1 aliphatic carbocycles. The van der Waals surface area contributed by atoms with Crippen molar-refractivity contribution in [2.45, 2.75) is 54.0 Å². The van der Waals surface area contributed by atoms with E-state index in [0.717, 1.165) is 18.2 Å². The molecule has 13 heteroatoms. The van der Waals surface area contributed by atoms with Crippen molar-refractivity contribution in [2.75, 3.05) is 0 Å². The summed E-state index contributed by atoms with van der Waals surface area (Å²) in [4.78, 5) is 25.2. The Bertz CT molecular complexity index is 1310.